The third-order valence-electron chi connectivity index (χ3n) is 10.4. The van der Waals surface area contributed by atoms with Crippen LogP contribution in [0.5, 0.6) is 0 Å². The molecule has 0 aromatic heterocycles. The number of aliphatic hydroxyl groups excluding tert-OH is 1. The lowest BCUT2D eigenvalue weighted by atomic mass is 9.55. The summed E-state index contributed by atoms with van der Waals surface area (Å²) < 4.78 is 94.4. The molecule has 0 aromatic carbocycles. The van der Waals surface area contributed by atoms with Gasteiger partial charge in [-0.05, 0) is 112 Å². The van der Waals surface area contributed by atoms with Gasteiger partial charge in [-0.2, -0.15) is 26.3 Å². The SMILES string of the molecule is C=C1/C(=C\C=C2/CCC[C@]3(C)[C@@H]([C@](C)(C/C=C/C(O)(C(F)(F)F)C(F)(F)F)CCCC(C)(C)O)CC[C@@H]23)C[C@@H](O)C[C@@H]1F. The minimum atomic E-state index is -5.93. The predicted octanol–water partition coefficient (Wildman–Crippen LogP) is 8.85. The molecule has 10 heteroatoms. The molecule has 3 saturated carbocycles. The van der Waals surface area contributed by atoms with Crippen LogP contribution in [0.2, 0.25) is 0 Å². The number of alkyl halides is 7. The Balaban J connectivity index is 1.93. The fraction of sp³-hybridized carbons (Fsp3) is 0.758. The maximum atomic E-state index is 14.3. The Kier molecular flexibility index (Phi) is 10.5. The highest BCUT2D eigenvalue weighted by atomic mass is 19.4. The van der Waals surface area contributed by atoms with E-state index in [1.165, 1.54) is 5.57 Å². The molecular weight excluding hydrogens is 577 g/mol. The Labute approximate surface area is 250 Å². The van der Waals surface area contributed by atoms with Crippen molar-refractivity contribution >= 4 is 0 Å². The van der Waals surface area contributed by atoms with Crippen LogP contribution in [0, 0.1) is 22.7 Å². The maximum Gasteiger partial charge on any atom is 0.429 e. The lowest BCUT2D eigenvalue weighted by molar-refractivity contribution is -0.347. The minimum Gasteiger partial charge on any atom is -0.393 e. The lowest BCUT2D eigenvalue weighted by Gasteiger charge is -2.49. The Hall–Kier alpha value is -1.65. The van der Waals surface area contributed by atoms with Gasteiger partial charge in [-0.3, -0.25) is 0 Å². The van der Waals surface area contributed by atoms with Crippen LogP contribution in [-0.2, 0) is 0 Å². The van der Waals surface area contributed by atoms with E-state index >= 15 is 0 Å². The second-order valence-electron chi connectivity index (χ2n) is 14.3. The fourth-order valence-electron chi connectivity index (χ4n) is 8.01. The summed E-state index contributed by atoms with van der Waals surface area (Å²) in [6.45, 7) is 11.2. The Morgan fingerprint density at radius 1 is 0.977 bits per heavy atom. The standard InChI is InChI=1S/C33H47F7O3/c1-21-23(19-24(41)20-26(21)34)11-10-22-9-6-17-30(5)25(22)12-13-27(30)29(4,15-7-14-28(2,3)42)16-8-18-31(43,32(35,36)37)33(38,39)40/h8,10-11,18,24-27,41-43H,1,6-7,9,12-17,19-20H2,2-5H3/b18-8+,22-10+,23-11-/t24-,25+,26+,27-,29+,30+/m1/s1. The van der Waals surface area contributed by atoms with Gasteiger partial charge in [0, 0.05) is 6.42 Å². The van der Waals surface area contributed by atoms with Gasteiger partial charge in [0.05, 0.1) is 11.7 Å². The first-order chi connectivity index (χ1) is 19.5. The summed E-state index contributed by atoms with van der Waals surface area (Å²) >= 11 is 0. The summed E-state index contributed by atoms with van der Waals surface area (Å²) in [4.78, 5) is 0. The van der Waals surface area contributed by atoms with Gasteiger partial charge in [0.15, 0.2) is 0 Å². The summed E-state index contributed by atoms with van der Waals surface area (Å²) in [6, 6.07) is 0. The molecule has 6 atom stereocenters. The normalized spacial score (nSPS) is 32.9. The monoisotopic (exact) mass is 624 g/mol. The van der Waals surface area contributed by atoms with Crippen molar-refractivity contribution < 1.29 is 46.1 Å². The van der Waals surface area contributed by atoms with Crippen molar-refractivity contribution in [2.24, 2.45) is 22.7 Å². The molecule has 0 unspecified atom stereocenters. The van der Waals surface area contributed by atoms with E-state index in [0.29, 0.717) is 36.8 Å². The van der Waals surface area contributed by atoms with Crippen molar-refractivity contribution in [2.75, 3.05) is 0 Å². The summed E-state index contributed by atoms with van der Waals surface area (Å²) in [5.41, 5.74) is -4.69. The number of allylic oxidation sites excluding steroid dienone is 5. The average Bonchev–Trinajstić information content (AvgIpc) is 3.21. The fourth-order valence-corrected chi connectivity index (χ4v) is 8.01. The molecular formula is C33H47F7O3. The first kappa shape index (κ1) is 35.8. The molecule has 0 radical (unpaired) electrons. The molecule has 0 amide bonds. The van der Waals surface area contributed by atoms with Gasteiger partial charge in [-0.1, -0.05) is 50.6 Å². The molecule has 3 nitrogen and oxygen atoms in total. The van der Waals surface area contributed by atoms with Crippen molar-refractivity contribution in [3.8, 4) is 0 Å². The number of halogens is 7. The van der Waals surface area contributed by atoms with Crippen LogP contribution in [0.25, 0.3) is 0 Å². The first-order valence-electron chi connectivity index (χ1n) is 15.2. The van der Waals surface area contributed by atoms with Crippen molar-refractivity contribution in [3.63, 3.8) is 0 Å². The molecule has 3 rings (SSSR count). The molecule has 246 valence electrons. The van der Waals surface area contributed by atoms with Crippen LogP contribution in [0.15, 0.2) is 47.6 Å². The van der Waals surface area contributed by atoms with Gasteiger partial charge in [0.1, 0.15) is 6.17 Å². The second kappa shape index (κ2) is 12.6. The zero-order chi connectivity index (χ0) is 32.6. The van der Waals surface area contributed by atoms with E-state index in [1.54, 1.807) is 13.8 Å². The molecule has 3 N–H and O–H groups in total. The average molecular weight is 625 g/mol. The first-order valence-corrected chi connectivity index (χ1v) is 15.2. The van der Waals surface area contributed by atoms with E-state index in [2.05, 4.69) is 13.5 Å². The number of aliphatic hydroxyl groups is 3. The van der Waals surface area contributed by atoms with Gasteiger partial charge in [0.2, 0.25) is 0 Å². The maximum absolute atomic E-state index is 14.3. The molecule has 3 fully saturated rings. The van der Waals surface area contributed by atoms with E-state index in [4.69, 9.17) is 0 Å². The summed E-state index contributed by atoms with van der Waals surface area (Å²) in [7, 11) is 0. The third kappa shape index (κ3) is 7.78. The van der Waals surface area contributed by atoms with Crippen molar-refractivity contribution in [2.45, 2.75) is 134 Å². The zero-order valence-electron chi connectivity index (χ0n) is 25.6. The molecule has 0 bridgehead atoms. The molecule has 0 heterocycles. The molecule has 43 heavy (non-hydrogen) atoms. The minimum absolute atomic E-state index is 0.0267. The third-order valence-corrected chi connectivity index (χ3v) is 10.4. The van der Waals surface area contributed by atoms with E-state index in [-0.39, 0.29) is 36.2 Å². The highest BCUT2D eigenvalue weighted by molar-refractivity contribution is 5.39. The van der Waals surface area contributed by atoms with Crippen molar-refractivity contribution in [1.82, 2.24) is 0 Å². The van der Waals surface area contributed by atoms with Crippen LogP contribution in [0.4, 0.5) is 30.7 Å². The Morgan fingerprint density at radius 3 is 2.19 bits per heavy atom. The number of fused-ring (bicyclic) bond motifs is 1. The molecule has 0 aromatic rings. The van der Waals surface area contributed by atoms with Crippen LogP contribution in [0.3, 0.4) is 0 Å². The molecule has 0 saturated heterocycles. The number of hydrogen-bond acceptors (Lipinski definition) is 3. The number of hydrogen-bond donors (Lipinski definition) is 3. The predicted molar refractivity (Wildman–Crippen MR) is 153 cm³/mol. The summed E-state index contributed by atoms with van der Waals surface area (Å²) in [6.07, 6.45) is -3.71. The van der Waals surface area contributed by atoms with Gasteiger partial charge in [-0.15, -0.1) is 0 Å². The topological polar surface area (TPSA) is 60.7 Å². The highest BCUT2D eigenvalue weighted by Crippen LogP contribution is 2.64. The van der Waals surface area contributed by atoms with Crippen LogP contribution >= 0.6 is 0 Å². The number of rotatable bonds is 9. The van der Waals surface area contributed by atoms with E-state index in [1.807, 2.05) is 19.1 Å². The summed E-state index contributed by atoms with van der Waals surface area (Å²) in [5, 5.41) is 30.0. The quantitative estimate of drug-likeness (QED) is 0.177. The van der Waals surface area contributed by atoms with Gasteiger partial charge in [-0.25, -0.2) is 4.39 Å². The van der Waals surface area contributed by atoms with Crippen LogP contribution in [-0.4, -0.2) is 51.1 Å². The van der Waals surface area contributed by atoms with Crippen molar-refractivity contribution in [3.05, 3.63) is 47.6 Å². The Morgan fingerprint density at radius 2 is 1.60 bits per heavy atom. The molecule has 0 aliphatic heterocycles. The molecule has 3 aliphatic carbocycles. The van der Waals surface area contributed by atoms with Gasteiger partial charge >= 0.3 is 12.4 Å². The van der Waals surface area contributed by atoms with Gasteiger partial charge < -0.3 is 15.3 Å². The Bertz CT molecular complexity index is 1080. The van der Waals surface area contributed by atoms with Crippen LogP contribution < -0.4 is 0 Å². The zero-order valence-corrected chi connectivity index (χ0v) is 25.6. The van der Waals surface area contributed by atoms with E-state index in [9.17, 15) is 46.1 Å². The second-order valence-corrected chi connectivity index (χ2v) is 14.3. The summed E-state index contributed by atoms with van der Waals surface area (Å²) in [5.74, 6) is 0.0882. The van der Waals surface area contributed by atoms with E-state index < -0.39 is 41.2 Å². The van der Waals surface area contributed by atoms with Gasteiger partial charge in [0.25, 0.3) is 5.60 Å². The van der Waals surface area contributed by atoms with Crippen molar-refractivity contribution in [1.29, 1.82) is 0 Å². The molecule has 3 aliphatic rings. The van der Waals surface area contributed by atoms with E-state index in [0.717, 1.165) is 38.2 Å². The smallest absolute Gasteiger partial charge is 0.393 e. The largest absolute Gasteiger partial charge is 0.429 e. The highest BCUT2D eigenvalue weighted by Gasteiger charge is 2.69. The lowest BCUT2D eigenvalue weighted by Crippen LogP contribution is -2.55. The molecule has 0 spiro atoms. The van der Waals surface area contributed by atoms with Crippen LogP contribution in [0.1, 0.15) is 98.3 Å².